The van der Waals surface area contributed by atoms with Gasteiger partial charge in [-0.15, -0.1) is 0 Å². The highest BCUT2D eigenvalue weighted by molar-refractivity contribution is 6.34. The second kappa shape index (κ2) is 6.78. The van der Waals surface area contributed by atoms with Crippen LogP contribution in [0.4, 0.5) is 10.5 Å². The van der Waals surface area contributed by atoms with Gasteiger partial charge in [0.15, 0.2) is 0 Å². The molecule has 0 bridgehead atoms. The maximum Gasteiger partial charge on any atom is 0.319 e. The molecule has 0 saturated carbocycles. The predicted molar refractivity (Wildman–Crippen MR) is 80.8 cm³/mol. The molecule has 0 unspecified atom stereocenters. The van der Waals surface area contributed by atoms with E-state index in [1.54, 1.807) is 32.3 Å². The van der Waals surface area contributed by atoms with Crippen LogP contribution in [0.2, 0.25) is 5.02 Å². The van der Waals surface area contributed by atoms with Crippen LogP contribution in [0.25, 0.3) is 0 Å². The van der Waals surface area contributed by atoms with Crippen molar-refractivity contribution in [3.63, 3.8) is 0 Å². The minimum atomic E-state index is -0.312. The van der Waals surface area contributed by atoms with Crippen LogP contribution in [0, 0.1) is 0 Å². The Balaban J connectivity index is 1.99. The summed E-state index contributed by atoms with van der Waals surface area (Å²) < 4.78 is 5.19. The summed E-state index contributed by atoms with van der Waals surface area (Å²) in [5.41, 5.74) is 0.934. The Bertz CT molecular complexity index is 542. The summed E-state index contributed by atoms with van der Waals surface area (Å²) in [4.78, 5) is 25.1. The van der Waals surface area contributed by atoms with Crippen LogP contribution >= 0.6 is 11.6 Å². The Morgan fingerprint density at radius 3 is 2.71 bits per heavy atom. The van der Waals surface area contributed by atoms with Crippen LogP contribution in [-0.4, -0.2) is 50.2 Å². The average Bonchev–Trinajstić information content (AvgIpc) is 2.90. The van der Waals surface area contributed by atoms with Crippen LogP contribution in [0.15, 0.2) is 18.2 Å². The summed E-state index contributed by atoms with van der Waals surface area (Å²) in [5.74, 6) is -0.181. The van der Waals surface area contributed by atoms with Crippen molar-refractivity contribution in [3.8, 4) is 0 Å². The number of halogens is 1. The summed E-state index contributed by atoms with van der Waals surface area (Å²) in [6, 6.07) is 4.53. The van der Waals surface area contributed by atoms with Crippen LogP contribution in [0.3, 0.4) is 0 Å². The van der Waals surface area contributed by atoms with Crippen LogP contribution < -0.4 is 10.6 Å². The Labute approximate surface area is 128 Å². The SMILES string of the molecule is CN(C)C(=O)c1ccc(NC(=O)N[C@@H]2CCOC2)cc1Cl. The summed E-state index contributed by atoms with van der Waals surface area (Å²) >= 11 is 6.08. The number of nitrogens with zero attached hydrogens (tertiary/aromatic N) is 1. The molecule has 1 saturated heterocycles. The van der Waals surface area contributed by atoms with Gasteiger partial charge in [-0.3, -0.25) is 4.79 Å². The van der Waals surface area contributed by atoms with Gasteiger partial charge in [-0.25, -0.2) is 4.79 Å². The fourth-order valence-corrected chi connectivity index (χ4v) is 2.27. The quantitative estimate of drug-likeness (QED) is 0.896. The average molecular weight is 312 g/mol. The summed E-state index contributed by atoms with van der Waals surface area (Å²) in [5, 5.41) is 5.80. The molecule has 1 aliphatic rings. The molecule has 1 aromatic carbocycles. The lowest BCUT2D eigenvalue weighted by Crippen LogP contribution is -2.38. The second-order valence-electron chi connectivity index (χ2n) is 5.05. The number of rotatable bonds is 3. The molecule has 3 amide bonds. The Kier molecular flexibility index (Phi) is 5.03. The first kappa shape index (κ1) is 15.6. The number of carbonyl (C=O) groups is 2. The number of urea groups is 1. The third kappa shape index (κ3) is 4.09. The van der Waals surface area contributed by atoms with E-state index in [2.05, 4.69) is 10.6 Å². The van der Waals surface area contributed by atoms with Gasteiger partial charge in [0, 0.05) is 26.4 Å². The minimum Gasteiger partial charge on any atom is -0.379 e. The zero-order valence-corrected chi connectivity index (χ0v) is 12.7. The van der Waals surface area contributed by atoms with E-state index in [0.717, 1.165) is 6.42 Å². The lowest BCUT2D eigenvalue weighted by atomic mass is 10.2. The van der Waals surface area contributed by atoms with Gasteiger partial charge in [-0.1, -0.05) is 11.6 Å². The summed E-state index contributed by atoms with van der Waals surface area (Å²) in [6.07, 6.45) is 0.810. The number of benzene rings is 1. The Morgan fingerprint density at radius 1 is 1.38 bits per heavy atom. The zero-order chi connectivity index (χ0) is 15.4. The molecule has 114 valence electrons. The highest BCUT2D eigenvalue weighted by Crippen LogP contribution is 2.22. The number of hydrogen-bond acceptors (Lipinski definition) is 3. The molecule has 1 aliphatic heterocycles. The number of nitrogens with one attached hydrogen (secondary N) is 2. The molecule has 7 heteroatoms. The normalized spacial score (nSPS) is 17.4. The number of carbonyl (C=O) groups excluding carboxylic acids is 2. The molecule has 1 heterocycles. The maximum atomic E-state index is 11.9. The van der Waals surface area contributed by atoms with Crippen LogP contribution in [0.1, 0.15) is 16.8 Å². The summed E-state index contributed by atoms with van der Waals surface area (Å²) in [6.45, 7) is 1.20. The van der Waals surface area contributed by atoms with E-state index in [4.69, 9.17) is 16.3 Å². The van der Waals surface area contributed by atoms with Crippen molar-refractivity contribution >= 4 is 29.2 Å². The van der Waals surface area contributed by atoms with E-state index in [9.17, 15) is 9.59 Å². The van der Waals surface area contributed by atoms with Gasteiger partial charge >= 0.3 is 6.03 Å². The van der Waals surface area contributed by atoms with Crippen molar-refractivity contribution < 1.29 is 14.3 Å². The first-order valence-corrected chi connectivity index (χ1v) is 7.01. The standard InChI is InChI=1S/C14H18ClN3O3/c1-18(2)13(19)11-4-3-9(7-12(11)15)16-14(20)17-10-5-6-21-8-10/h3-4,7,10H,5-6,8H2,1-2H3,(H2,16,17,20)/t10-/m1/s1. The van der Waals surface area contributed by atoms with Crippen molar-refractivity contribution in [1.82, 2.24) is 10.2 Å². The van der Waals surface area contributed by atoms with Crippen molar-refractivity contribution in [2.75, 3.05) is 32.6 Å². The van der Waals surface area contributed by atoms with Crippen molar-refractivity contribution in [1.29, 1.82) is 0 Å². The van der Waals surface area contributed by atoms with Crippen LogP contribution in [-0.2, 0) is 4.74 Å². The van der Waals surface area contributed by atoms with Crippen molar-refractivity contribution in [2.24, 2.45) is 0 Å². The van der Waals surface area contributed by atoms with Gasteiger partial charge in [-0.05, 0) is 24.6 Å². The monoisotopic (exact) mass is 311 g/mol. The molecule has 1 atom stereocenters. The van der Waals surface area contributed by atoms with E-state index in [0.29, 0.717) is 29.5 Å². The molecule has 0 aromatic heterocycles. The largest absolute Gasteiger partial charge is 0.379 e. The molecular weight excluding hydrogens is 294 g/mol. The molecule has 2 N–H and O–H groups in total. The van der Waals surface area contributed by atoms with E-state index in [1.807, 2.05) is 0 Å². The van der Waals surface area contributed by atoms with Crippen molar-refractivity contribution in [2.45, 2.75) is 12.5 Å². The number of hydrogen-bond donors (Lipinski definition) is 2. The molecule has 1 aromatic rings. The third-order valence-corrected chi connectivity index (χ3v) is 3.44. The van der Waals surface area contributed by atoms with Gasteiger partial charge in [0.2, 0.25) is 0 Å². The molecule has 0 radical (unpaired) electrons. The van der Waals surface area contributed by atoms with E-state index < -0.39 is 0 Å². The second-order valence-corrected chi connectivity index (χ2v) is 5.46. The van der Waals surface area contributed by atoms with Gasteiger partial charge in [-0.2, -0.15) is 0 Å². The maximum absolute atomic E-state index is 11.9. The molecular formula is C14H18ClN3O3. The number of amides is 3. The van der Waals surface area contributed by atoms with E-state index in [1.165, 1.54) is 4.90 Å². The predicted octanol–water partition coefficient (Wildman–Crippen LogP) is 1.95. The smallest absolute Gasteiger partial charge is 0.319 e. The van der Waals surface area contributed by atoms with Crippen LogP contribution in [0.5, 0.6) is 0 Å². The number of ether oxygens (including phenoxy) is 1. The molecule has 6 nitrogen and oxygen atoms in total. The van der Waals surface area contributed by atoms with Gasteiger partial charge in [0.25, 0.3) is 5.91 Å². The lowest BCUT2D eigenvalue weighted by Gasteiger charge is -2.14. The van der Waals surface area contributed by atoms with E-state index in [-0.39, 0.29) is 18.0 Å². The van der Waals surface area contributed by atoms with Gasteiger partial charge in [0.05, 0.1) is 23.2 Å². The molecule has 2 rings (SSSR count). The minimum absolute atomic E-state index is 0.0371. The highest BCUT2D eigenvalue weighted by atomic mass is 35.5. The van der Waals surface area contributed by atoms with Gasteiger partial charge in [0.1, 0.15) is 0 Å². The molecule has 21 heavy (non-hydrogen) atoms. The first-order valence-electron chi connectivity index (χ1n) is 6.64. The van der Waals surface area contributed by atoms with E-state index >= 15 is 0 Å². The van der Waals surface area contributed by atoms with Gasteiger partial charge < -0.3 is 20.3 Å². The highest BCUT2D eigenvalue weighted by Gasteiger charge is 2.18. The van der Waals surface area contributed by atoms with Crippen molar-refractivity contribution in [3.05, 3.63) is 28.8 Å². The molecule has 0 spiro atoms. The topological polar surface area (TPSA) is 70.7 Å². The Hall–Kier alpha value is -1.79. The summed E-state index contributed by atoms with van der Waals surface area (Å²) in [7, 11) is 3.31. The number of anilines is 1. The fraction of sp³-hybridized carbons (Fsp3) is 0.429. The molecule has 0 aliphatic carbocycles. The molecule has 1 fully saturated rings. The lowest BCUT2D eigenvalue weighted by molar-refractivity contribution is 0.0828. The third-order valence-electron chi connectivity index (χ3n) is 3.13. The zero-order valence-electron chi connectivity index (χ0n) is 12.0. The fourth-order valence-electron chi connectivity index (χ4n) is 2.01. The Morgan fingerprint density at radius 2 is 2.14 bits per heavy atom. The first-order chi connectivity index (χ1) is 9.97.